The third-order valence-electron chi connectivity index (χ3n) is 2.69. The summed E-state index contributed by atoms with van der Waals surface area (Å²) in [5.74, 6) is 0. The zero-order valence-corrected chi connectivity index (χ0v) is 13.3. The average Bonchev–Trinajstić information content (AvgIpc) is 2.36. The monoisotopic (exact) mass is 497 g/mol. The first kappa shape index (κ1) is 18.6. The van der Waals surface area contributed by atoms with E-state index >= 15 is 0 Å². The van der Waals surface area contributed by atoms with Crippen molar-refractivity contribution in [2.24, 2.45) is 0 Å². The maximum atomic E-state index is 12.7. The van der Waals surface area contributed by atoms with Crippen LogP contribution in [0.4, 0.5) is 26.3 Å². The van der Waals surface area contributed by atoms with Gasteiger partial charge in [0.05, 0.1) is 0 Å². The Labute approximate surface area is 135 Å². The number of nitrogens with zero attached hydrogens (tertiary/aromatic N) is 1. The SMILES string of the molecule is Cc1ccnc(-c2[c-]c(C(F)(F)F)cc(C(F)(F)F)c2)c1.[Ir]. The van der Waals surface area contributed by atoms with Crippen molar-refractivity contribution in [1.29, 1.82) is 0 Å². The Bertz CT molecular complexity index is 631. The van der Waals surface area contributed by atoms with Crippen LogP contribution < -0.4 is 0 Å². The Hall–Kier alpha value is -1.40. The molecule has 2 rings (SSSR count). The van der Waals surface area contributed by atoms with Crippen LogP contribution in [-0.4, -0.2) is 4.98 Å². The summed E-state index contributed by atoms with van der Waals surface area (Å²) in [6.45, 7) is 1.66. The van der Waals surface area contributed by atoms with Crippen LogP contribution in [0.15, 0.2) is 30.5 Å². The first-order valence-corrected chi connectivity index (χ1v) is 5.72. The maximum absolute atomic E-state index is 12.7. The van der Waals surface area contributed by atoms with E-state index < -0.39 is 23.5 Å². The molecule has 0 N–H and O–H groups in total. The Kier molecular flexibility index (Phi) is 5.41. The van der Waals surface area contributed by atoms with Crippen molar-refractivity contribution in [2.75, 3.05) is 0 Å². The predicted octanol–water partition coefficient (Wildman–Crippen LogP) is 4.89. The number of hydrogen-bond donors (Lipinski definition) is 0. The number of aryl methyl sites for hydroxylation is 1. The number of aromatic nitrogens is 1. The van der Waals surface area contributed by atoms with Gasteiger partial charge in [-0.25, -0.2) is 0 Å². The van der Waals surface area contributed by atoms with Gasteiger partial charge in [0.1, 0.15) is 0 Å². The fraction of sp³-hybridized carbons (Fsp3) is 0.214. The van der Waals surface area contributed by atoms with Crippen molar-refractivity contribution in [2.45, 2.75) is 19.3 Å². The van der Waals surface area contributed by atoms with E-state index in [1.165, 1.54) is 12.3 Å². The van der Waals surface area contributed by atoms with Gasteiger partial charge in [0, 0.05) is 26.3 Å². The summed E-state index contributed by atoms with van der Waals surface area (Å²) in [5.41, 5.74) is -2.53. The Morgan fingerprint density at radius 2 is 1.59 bits per heavy atom. The Balaban J connectivity index is 0.00000242. The van der Waals surface area contributed by atoms with Crippen LogP contribution in [0.3, 0.4) is 0 Å². The fourth-order valence-electron chi connectivity index (χ4n) is 1.71. The van der Waals surface area contributed by atoms with Crippen LogP contribution in [0.2, 0.25) is 0 Å². The van der Waals surface area contributed by atoms with E-state index in [0.717, 1.165) is 0 Å². The zero-order chi connectivity index (χ0) is 15.8. The molecule has 1 nitrogen and oxygen atoms in total. The Morgan fingerprint density at radius 3 is 2.09 bits per heavy atom. The molecular formula is C14H8F6IrN-. The zero-order valence-electron chi connectivity index (χ0n) is 10.9. The summed E-state index contributed by atoms with van der Waals surface area (Å²) < 4.78 is 76.3. The molecule has 121 valence electrons. The fourth-order valence-corrected chi connectivity index (χ4v) is 1.71. The van der Waals surface area contributed by atoms with Crippen LogP contribution >= 0.6 is 0 Å². The van der Waals surface area contributed by atoms with E-state index in [9.17, 15) is 26.3 Å². The molecule has 0 bridgehead atoms. The van der Waals surface area contributed by atoms with Crippen molar-refractivity contribution in [3.8, 4) is 11.3 Å². The number of halogens is 6. The van der Waals surface area contributed by atoms with Gasteiger partial charge in [0.2, 0.25) is 0 Å². The topological polar surface area (TPSA) is 12.9 Å². The summed E-state index contributed by atoms with van der Waals surface area (Å²) in [4.78, 5) is 3.79. The first-order valence-electron chi connectivity index (χ1n) is 5.72. The van der Waals surface area contributed by atoms with Crippen LogP contribution in [0.25, 0.3) is 11.3 Å². The minimum absolute atomic E-state index is 0. The number of pyridine rings is 1. The predicted molar refractivity (Wildman–Crippen MR) is 63.2 cm³/mol. The molecule has 2 aromatic rings. The summed E-state index contributed by atoms with van der Waals surface area (Å²) in [6, 6.07) is 5.58. The van der Waals surface area contributed by atoms with E-state index in [4.69, 9.17) is 0 Å². The summed E-state index contributed by atoms with van der Waals surface area (Å²) in [7, 11) is 0. The van der Waals surface area contributed by atoms with Gasteiger partial charge < -0.3 is 4.98 Å². The van der Waals surface area contributed by atoms with Crippen molar-refractivity contribution in [3.63, 3.8) is 0 Å². The van der Waals surface area contributed by atoms with Crippen LogP contribution in [-0.2, 0) is 32.5 Å². The molecule has 0 atom stereocenters. The van der Waals surface area contributed by atoms with Crippen LogP contribution in [0, 0.1) is 13.0 Å². The van der Waals surface area contributed by atoms with Gasteiger partial charge in [-0.05, 0) is 29.8 Å². The molecule has 0 aliphatic rings. The summed E-state index contributed by atoms with van der Waals surface area (Å²) in [6.07, 6.45) is -8.49. The number of hydrogen-bond acceptors (Lipinski definition) is 1. The quantitative estimate of drug-likeness (QED) is 0.405. The third kappa shape index (κ3) is 4.30. The third-order valence-corrected chi connectivity index (χ3v) is 2.69. The molecule has 0 fully saturated rings. The van der Waals surface area contributed by atoms with E-state index in [1.54, 1.807) is 13.0 Å². The van der Waals surface area contributed by atoms with Crippen molar-refractivity contribution < 1.29 is 46.4 Å². The molecule has 1 heterocycles. The maximum Gasteiger partial charge on any atom is 0.399 e. The van der Waals surface area contributed by atoms with Gasteiger partial charge in [0.25, 0.3) is 0 Å². The molecule has 0 saturated carbocycles. The molecule has 1 radical (unpaired) electrons. The van der Waals surface area contributed by atoms with Crippen LogP contribution in [0.1, 0.15) is 16.7 Å². The van der Waals surface area contributed by atoms with E-state index in [-0.39, 0.29) is 37.4 Å². The minimum Gasteiger partial charge on any atom is -0.305 e. The van der Waals surface area contributed by atoms with Crippen molar-refractivity contribution in [3.05, 3.63) is 53.2 Å². The van der Waals surface area contributed by atoms with E-state index in [1.807, 2.05) is 6.07 Å². The first-order chi connectivity index (χ1) is 9.57. The van der Waals surface area contributed by atoms with Gasteiger partial charge in [0.15, 0.2) is 0 Å². The van der Waals surface area contributed by atoms with E-state index in [2.05, 4.69) is 4.98 Å². The van der Waals surface area contributed by atoms with Gasteiger partial charge in [-0.1, -0.05) is 11.6 Å². The summed E-state index contributed by atoms with van der Waals surface area (Å²) in [5, 5.41) is 0. The summed E-state index contributed by atoms with van der Waals surface area (Å²) >= 11 is 0. The van der Waals surface area contributed by atoms with Gasteiger partial charge in [-0.3, -0.25) is 0 Å². The largest absolute Gasteiger partial charge is 0.399 e. The number of alkyl halides is 6. The second-order valence-electron chi connectivity index (χ2n) is 4.41. The molecule has 0 saturated heterocycles. The molecule has 0 amide bonds. The second-order valence-corrected chi connectivity index (χ2v) is 4.41. The molecule has 1 aromatic carbocycles. The molecule has 0 spiro atoms. The molecule has 8 heteroatoms. The van der Waals surface area contributed by atoms with Crippen LogP contribution in [0.5, 0.6) is 0 Å². The molecule has 0 aliphatic heterocycles. The van der Waals surface area contributed by atoms with Gasteiger partial charge in [-0.15, -0.1) is 23.8 Å². The molecule has 22 heavy (non-hydrogen) atoms. The molecule has 0 aliphatic carbocycles. The normalized spacial score (nSPS) is 12.0. The van der Waals surface area contributed by atoms with Crippen molar-refractivity contribution in [1.82, 2.24) is 4.98 Å². The molecule has 0 unspecified atom stereocenters. The number of benzene rings is 1. The van der Waals surface area contributed by atoms with E-state index in [0.29, 0.717) is 11.6 Å². The Morgan fingerprint density at radius 1 is 0.955 bits per heavy atom. The number of rotatable bonds is 1. The second kappa shape index (κ2) is 6.38. The standard InChI is InChI=1S/C14H8F6N.Ir/c1-8-2-3-21-12(4-8)9-5-10(13(15,16)17)7-11(6-9)14(18,19)20;/h2-5,7H,1H3;/q-1;. The smallest absolute Gasteiger partial charge is 0.305 e. The van der Waals surface area contributed by atoms with Gasteiger partial charge in [-0.2, -0.15) is 26.3 Å². The molecule has 1 aromatic heterocycles. The minimum atomic E-state index is -4.92. The van der Waals surface area contributed by atoms with Crippen molar-refractivity contribution >= 4 is 0 Å². The average molecular weight is 496 g/mol. The van der Waals surface area contributed by atoms with Gasteiger partial charge >= 0.3 is 12.4 Å². The molecular weight excluding hydrogens is 488 g/mol.